The molecule has 0 aliphatic rings. The lowest BCUT2D eigenvalue weighted by Crippen LogP contribution is -2.51. The van der Waals surface area contributed by atoms with Gasteiger partial charge in [0, 0.05) is 5.56 Å². The Labute approximate surface area is 120 Å². The third-order valence-electron chi connectivity index (χ3n) is 3.83. The van der Waals surface area contributed by atoms with Gasteiger partial charge >= 0.3 is 5.97 Å². The van der Waals surface area contributed by atoms with Crippen molar-refractivity contribution in [3.8, 4) is 0 Å². The minimum Gasteiger partial charge on any atom is -0.481 e. The molecule has 2 N–H and O–H groups in total. The van der Waals surface area contributed by atoms with Crippen LogP contribution in [0.1, 0.15) is 50.0 Å². The number of aryl methyl sites for hydroxylation is 1. The van der Waals surface area contributed by atoms with Gasteiger partial charge in [-0.25, -0.2) is 0 Å². The summed E-state index contributed by atoms with van der Waals surface area (Å²) < 4.78 is 0. The summed E-state index contributed by atoms with van der Waals surface area (Å²) >= 11 is 0. The Morgan fingerprint density at radius 1 is 1.30 bits per heavy atom. The summed E-state index contributed by atoms with van der Waals surface area (Å²) in [7, 11) is 0. The molecule has 1 rings (SSSR count). The molecule has 1 unspecified atom stereocenters. The van der Waals surface area contributed by atoms with Crippen molar-refractivity contribution in [2.75, 3.05) is 0 Å². The summed E-state index contributed by atoms with van der Waals surface area (Å²) in [5.41, 5.74) is 0.822. The van der Waals surface area contributed by atoms with Gasteiger partial charge in [0.15, 0.2) is 0 Å². The fourth-order valence-electron chi connectivity index (χ4n) is 2.08. The highest BCUT2D eigenvalue weighted by atomic mass is 16.4. The Bertz CT molecular complexity index is 496. The number of carboxylic acid groups (broad SMARTS) is 1. The van der Waals surface area contributed by atoms with E-state index < -0.39 is 11.5 Å². The van der Waals surface area contributed by atoms with Crippen molar-refractivity contribution in [1.29, 1.82) is 0 Å². The van der Waals surface area contributed by atoms with Gasteiger partial charge in [-0.05, 0) is 30.9 Å². The maximum atomic E-state index is 12.4. The lowest BCUT2D eigenvalue weighted by Gasteiger charge is -2.33. The summed E-state index contributed by atoms with van der Waals surface area (Å²) in [6.45, 7) is 7.59. The smallest absolute Gasteiger partial charge is 0.305 e. The maximum absolute atomic E-state index is 12.4. The summed E-state index contributed by atoms with van der Waals surface area (Å²) in [4.78, 5) is 23.4. The molecule has 0 saturated carbocycles. The van der Waals surface area contributed by atoms with E-state index in [4.69, 9.17) is 5.11 Å². The van der Waals surface area contributed by atoms with Crippen LogP contribution in [0.3, 0.4) is 0 Å². The highest BCUT2D eigenvalue weighted by molar-refractivity contribution is 5.96. The van der Waals surface area contributed by atoms with Crippen molar-refractivity contribution in [3.63, 3.8) is 0 Å². The Hall–Kier alpha value is -1.84. The minimum absolute atomic E-state index is 0.0244. The van der Waals surface area contributed by atoms with Crippen LogP contribution in [0.2, 0.25) is 0 Å². The van der Waals surface area contributed by atoms with Gasteiger partial charge < -0.3 is 10.4 Å². The molecule has 0 aliphatic heterocycles. The van der Waals surface area contributed by atoms with E-state index in [1.54, 1.807) is 13.0 Å². The van der Waals surface area contributed by atoms with Gasteiger partial charge in [-0.1, -0.05) is 39.0 Å². The van der Waals surface area contributed by atoms with Gasteiger partial charge in [0.2, 0.25) is 0 Å². The van der Waals surface area contributed by atoms with Crippen molar-refractivity contribution in [2.45, 2.75) is 46.1 Å². The van der Waals surface area contributed by atoms with Crippen LogP contribution < -0.4 is 5.32 Å². The van der Waals surface area contributed by atoms with E-state index in [9.17, 15) is 9.59 Å². The number of amides is 1. The molecular formula is C16H23NO3. The molecule has 0 aromatic heterocycles. The number of carboxylic acids is 1. The molecule has 20 heavy (non-hydrogen) atoms. The van der Waals surface area contributed by atoms with Crippen molar-refractivity contribution in [2.24, 2.45) is 5.92 Å². The third-order valence-corrected chi connectivity index (χ3v) is 3.83. The number of hydrogen-bond acceptors (Lipinski definition) is 2. The van der Waals surface area contributed by atoms with E-state index in [1.165, 1.54) is 0 Å². The summed E-state index contributed by atoms with van der Waals surface area (Å²) in [5.74, 6) is -1.10. The molecule has 0 radical (unpaired) electrons. The highest BCUT2D eigenvalue weighted by Gasteiger charge is 2.33. The molecule has 4 nitrogen and oxygen atoms in total. The minimum atomic E-state index is -0.912. The SMILES string of the molecule is CCc1ccccc1C(=O)NC(C)(CC(=O)O)C(C)C. The summed E-state index contributed by atoms with van der Waals surface area (Å²) in [6, 6.07) is 7.40. The van der Waals surface area contributed by atoms with Crippen LogP contribution in [-0.4, -0.2) is 22.5 Å². The Kier molecular flexibility index (Phi) is 5.31. The molecule has 0 spiro atoms. The molecule has 0 fully saturated rings. The van der Waals surface area contributed by atoms with Crippen molar-refractivity contribution < 1.29 is 14.7 Å². The molecule has 1 aromatic rings. The zero-order valence-corrected chi connectivity index (χ0v) is 12.6. The molecule has 0 aliphatic carbocycles. The third kappa shape index (κ3) is 3.83. The molecule has 0 heterocycles. The number of hydrogen-bond donors (Lipinski definition) is 2. The van der Waals surface area contributed by atoms with Crippen LogP contribution >= 0.6 is 0 Å². The Balaban J connectivity index is 2.99. The second kappa shape index (κ2) is 6.55. The first-order chi connectivity index (χ1) is 9.30. The maximum Gasteiger partial charge on any atom is 0.305 e. The number of carbonyl (C=O) groups excluding carboxylic acids is 1. The van der Waals surface area contributed by atoms with Gasteiger partial charge in [0.25, 0.3) is 5.91 Å². The van der Waals surface area contributed by atoms with Crippen LogP contribution in [0.15, 0.2) is 24.3 Å². The monoisotopic (exact) mass is 277 g/mol. The second-order valence-corrected chi connectivity index (χ2v) is 5.61. The van der Waals surface area contributed by atoms with E-state index in [1.807, 2.05) is 39.0 Å². The molecule has 4 heteroatoms. The molecule has 0 bridgehead atoms. The second-order valence-electron chi connectivity index (χ2n) is 5.61. The van der Waals surface area contributed by atoms with E-state index in [0.717, 1.165) is 12.0 Å². The topological polar surface area (TPSA) is 66.4 Å². The molecule has 110 valence electrons. The fraction of sp³-hybridized carbons (Fsp3) is 0.500. The zero-order valence-electron chi connectivity index (χ0n) is 12.6. The highest BCUT2D eigenvalue weighted by Crippen LogP contribution is 2.22. The van der Waals surface area contributed by atoms with Gasteiger partial charge in [-0.3, -0.25) is 9.59 Å². The molecule has 1 aromatic carbocycles. The Morgan fingerprint density at radius 3 is 2.40 bits per heavy atom. The molecular weight excluding hydrogens is 254 g/mol. The first-order valence-electron chi connectivity index (χ1n) is 6.92. The van der Waals surface area contributed by atoms with E-state index in [2.05, 4.69) is 5.32 Å². The number of aliphatic carboxylic acids is 1. The van der Waals surface area contributed by atoms with Crippen LogP contribution in [0, 0.1) is 5.92 Å². The lowest BCUT2D eigenvalue weighted by molar-refractivity contribution is -0.138. The lowest BCUT2D eigenvalue weighted by atomic mass is 9.84. The number of rotatable bonds is 6. The predicted octanol–water partition coefficient (Wildman–Crippen LogP) is 2.87. The summed E-state index contributed by atoms with van der Waals surface area (Å²) in [6.07, 6.45) is 0.672. The van der Waals surface area contributed by atoms with Gasteiger partial charge in [-0.2, -0.15) is 0 Å². The fourth-order valence-corrected chi connectivity index (χ4v) is 2.08. The van der Waals surface area contributed by atoms with E-state index in [-0.39, 0.29) is 18.2 Å². The first-order valence-corrected chi connectivity index (χ1v) is 6.92. The van der Waals surface area contributed by atoms with Gasteiger partial charge in [0.05, 0.1) is 12.0 Å². The number of benzene rings is 1. The van der Waals surface area contributed by atoms with Crippen LogP contribution in [0.4, 0.5) is 0 Å². The van der Waals surface area contributed by atoms with E-state index >= 15 is 0 Å². The largest absolute Gasteiger partial charge is 0.481 e. The molecule has 1 atom stereocenters. The molecule has 1 amide bonds. The normalized spacial score (nSPS) is 13.8. The average Bonchev–Trinajstić information content (AvgIpc) is 2.37. The van der Waals surface area contributed by atoms with Crippen LogP contribution in [0.25, 0.3) is 0 Å². The Morgan fingerprint density at radius 2 is 1.90 bits per heavy atom. The van der Waals surface area contributed by atoms with Crippen molar-refractivity contribution in [3.05, 3.63) is 35.4 Å². The summed E-state index contributed by atoms with van der Waals surface area (Å²) in [5, 5.41) is 11.9. The number of carbonyl (C=O) groups is 2. The van der Waals surface area contributed by atoms with Crippen molar-refractivity contribution >= 4 is 11.9 Å². The quantitative estimate of drug-likeness (QED) is 0.840. The standard InChI is InChI=1S/C16H23NO3/c1-5-12-8-6-7-9-13(12)15(20)17-16(4,11(2)3)10-14(18)19/h6-9,11H,5,10H2,1-4H3,(H,17,20)(H,18,19). The zero-order chi connectivity index (χ0) is 15.3. The van der Waals surface area contributed by atoms with Gasteiger partial charge in [0.1, 0.15) is 0 Å². The van der Waals surface area contributed by atoms with Crippen LogP contribution in [0.5, 0.6) is 0 Å². The average molecular weight is 277 g/mol. The van der Waals surface area contributed by atoms with Gasteiger partial charge in [-0.15, -0.1) is 0 Å². The number of nitrogens with one attached hydrogen (secondary N) is 1. The van der Waals surface area contributed by atoms with E-state index in [0.29, 0.717) is 5.56 Å². The predicted molar refractivity (Wildman–Crippen MR) is 78.8 cm³/mol. The first kappa shape index (κ1) is 16.2. The van der Waals surface area contributed by atoms with Crippen molar-refractivity contribution in [1.82, 2.24) is 5.32 Å². The van der Waals surface area contributed by atoms with Crippen LogP contribution in [-0.2, 0) is 11.2 Å². The molecule has 0 saturated heterocycles.